The maximum Gasteiger partial charge on any atom is 0.180 e. The lowest BCUT2D eigenvalue weighted by Crippen LogP contribution is -2.44. The molecule has 3 N–H and O–H groups in total. The van der Waals surface area contributed by atoms with Crippen LogP contribution in [0.15, 0.2) is 55.2 Å². The topological polar surface area (TPSA) is 100 Å². The number of benzene rings is 1. The van der Waals surface area contributed by atoms with Gasteiger partial charge in [-0.1, -0.05) is 0 Å². The molecular formula is C21H23N9. The molecule has 3 aromatic heterocycles. The maximum atomic E-state index is 5.79. The monoisotopic (exact) mass is 401 g/mol. The van der Waals surface area contributed by atoms with E-state index < -0.39 is 0 Å². The molecule has 0 saturated carbocycles. The van der Waals surface area contributed by atoms with Crippen LogP contribution in [0.1, 0.15) is 0 Å². The first-order valence-corrected chi connectivity index (χ1v) is 9.88. The van der Waals surface area contributed by atoms with Gasteiger partial charge in [0.25, 0.3) is 0 Å². The second-order valence-electron chi connectivity index (χ2n) is 7.42. The number of likely N-dealkylation sites (N-methyl/N-ethyl adjacent to an activating group) is 1. The highest BCUT2D eigenvalue weighted by atomic mass is 15.2. The number of anilines is 4. The fraction of sp³-hybridized carbons (Fsp3) is 0.238. The molecule has 1 aliphatic heterocycles. The maximum absolute atomic E-state index is 5.79. The Morgan fingerprint density at radius 3 is 2.53 bits per heavy atom. The highest BCUT2D eigenvalue weighted by Gasteiger charge is 2.15. The Morgan fingerprint density at radius 1 is 0.967 bits per heavy atom. The van der Waals surface area contributed by atoms with E-state index in [9.17, 15) is 0 Å². The number of aromatic nitrogens is 5. The summed E-state index contributed by atoms with van der Waals surface area (Å²) in [6.45, 7) is 4.26. The van der Waals surface area contributed by atoms with Gasteiger partial charge in [-0.3, -0.25) is 4.98 Å². The molecule has 5 rings (SSSR count). The summed E-state index contributed by atoms with van der Waals surface area (Å²) in [4.78, 5) is 22.4. The summed E-state index contributed by atoms with van der Waals surface area (Å²) < 4.78 is 1.91. The van der Waals surface area contributed by atoms with Crippen molar-refractivity contribution >= 4 is 28.7 Å². The Bertz CT molecular complexity index is 1160. The number of imidazole rings is 1. The minimum atomic E-state index is 0.356. The quantitative estimate of drug-likeness (QED) is 0.537. The van der Waals surface area contributed by atoms with Crippen molar-refractivity contribution in [3.63, 3.8) is 0 Å². The molecule has 1 aromatic carbocycles. The number of piperazine rings is 1. The van der Waals surface area contributed by atoms with Crippen LogP contribution in [0.4, 0.5) is 23.0 Å². The summed E-state index contributed by atoms with van der Waals surface area (Å²) in [5.41, 5.74) is 9.98. The molecule has 9 nitrogen and oxygen atoms in total. The van der Waals surface area contributed by atoms with Gasteiger partial charge in [0.15, 0.2) is 11.5 Å². The summed E-state index contributed by atoms with van der Waals surface area (Å²) in [5, 5.41) is 3.39. The number of hydrogen-bond donors (Lipinski definition) is 2. The van der Waals surface area contributed by atoms with Gasteiger partial charge in [0.2, 0.25) is 0 Å². The van der Waals surface area contributed by atoms with E-state index in [2.05, 4.69) is 61.4 Å². The van der Waals surface area contributed by atoms with Gasteiger partial charge in [-0.15, -0.1) is 0 Å². The highest BCUT2D eigenvalue weighted by molar-refractivity contribution is 5.73. The van der Waals surface area contributed by atoms with Crippen LogP contribution < -0.4 is 16.0 Å². The standard InChI is InChI=1S/C21H23N9/c1-28-8-10-29(11-9-28)16-4-2-15(3-5-16)25-20-21-24-6-7-30(21)14-18(27-20)17-12-23-13-19(22)26-17/h2-7,12-14H,8-11H2,1H3,(H2,22,26)(H,25,27). The zero-order valence-corrected chi connectivity index (χ0v) is 16.7. The third kappa shape index (κ3) is 3.62. The van der Waals surface area contributed by atoms with E-state index in [0.717, 1.165) is 37.5 Å². The Morgan fingerprint density at radius 2 is 1.77 bits per heavy atom. The van der Waals surface area contributed by atoms with E-state index in [1.165, 1.54) is 11.9 Å². The molecule has 152 valence electrons. The minimum absolute atomic E-state index is 0.356. The molecule has 30 heavy (non-hydrogen) atoms. The first-order chi connectivity index (χ1) is 14.7. The van der Waals surface area contributed by atoms with E-state index in [1.807, 2.05) is 16.8 Å². The lowest BCUT2D eigenvalue weighted by molar-refractivity contribution is 0.313. The molecule has 1 fully saturated rings. The van der Waals surface area contributed by atoms with Gasteiger partial charge < -0.3 is 25.3 Å². The van der Waals surface area contributed by atoms with Crippen LogP contribution in [0.25, 0.3) is 17.0 Å². The van der Waals surface area contributed by atoms with Gasteiger partial charge in [-0.05, 0) is 31.3 Å². The number of fused-ring (bicyclic) bond motifs is 1. The van der Waals surface area contributed by atoms with Crippen LogP contribution in [0.5, 0.6) is 0 Å². The molecule has 0 aliphatic carbocycles. The predicted molar refractivity (Wildman–Crippen MR) is 118 cm³/mol. The van der Waals surface area contributed by atoms with Crippen molar-refractivity contribution in [2.24, 2.45) is 0 Å². The fourth-order valence-electron chi connectivity index (χ4n) is 3.60. The Kier molecular flexibility index (Phi) is 4.64. The van der Waals surface area contributed by atoms with Crippen molar-refractivity contribution in [2.75, 3.05) is 49.2 Å². The van der Waals surface area contributed by atoms with Crippen molar-refractivity contribution in [3.8, 4) is 11.4 Å². The van der Waals surface area contributed by atoms with Gasteiger partial charge in [-0.2, -0.15) is 0 Å². The first kappa shape index (κ1) is 18.3. The number of rotatable bonds is 4. The summed E-state index contributed by atoms with van der Waals surface area (Å²) in [5.74, 6) is 1.00. The third-order valence-corrected chi connectivity index (χ3v) is 5.29. The number of hydrogen-bond acceptors (Lipinski definition) is 8. The summed E-state index contributed by atoms with van der Waals surface area (Å²) in [6.07, 6.45) is 8.65. The van der Waals surface area contributed by atoms with Crippen LogP contribution >= 0.6 is 0 Å². The van der Waals surface area contributed by atoms with Crippen LogP contribution in [-0.2, 0) is 0 Å². The van der Waals surface area contributed by atoms with Crippen LogP contribution in [0.2, 0.25) is 0 Å². The summed E-state index contributed by atoms with van der Waals surface area (Å²) in [7, 11) is 2.16. The molecule has 0 amide bonds. The molecule has 0 atom stereocenters. The Labute approximate surface area is 174 Å². The highest BCUT2D eigenvalue weighted by Crippen LogP contribution is 2.25. The second kappa shape index (κ2) is 7.60. The van der Waals surface area contributed by atoms with Gasteiger partial charge >= 0.3 is 0 Å². The number of nitrogens with zero attached hydrogens (tertiary/aromatic N) is 7. The van der Waals surface area contributed by atoms with E-state index in [-0.39, 0.29) is 0 Å². The van der Waals surface area contributed by atoms with Crippen LogP contribution in [0, 0.1) is 0 Å². The lowest BCUT2D eigenvalue weighted by atomic mass is 10.2. The number of nitrogen functional groups attached to an aromatic ring is 1. The molecule has 1 aliphatic rings. The van der Waals surface area contributed by atoms with Crippen LogP contribution in [-0.4, -0.2) is 62.5 Å². The molecule has 9 heteroatoms. The SMILES string of the molecule is CN1CCN(c2ccc(Nc3nc(-c4cncc(N)n4)cn4ccnc34)cc2)CC1. The number of nitrogens with two attached hydrogens (primary N) is 1. The first-order valence-electron chi connectivity index (χ1n) is 9.88. The zero-order chi connectivity index (χ0) is 20.5. The van der Waals surface area contributed by atoms with E-state index in [0.29, 0.717) is 23.0 Å². The fourth-order valence-corrected chi connectivity index (χ4v) is 3.60. The number of nitrogens with one attached hydrogen (secondary N) is 1. The van der Waals surface area contributed by atoms with E-state index in [4.69, 9.17) is 10.7 Å². The van der Waals surface area contributed by atoms with Crippen molar-refractivity contribution in [1.82, 2.24) is 29.2 Å². The molecule has 0 radical (unpaired) electrons. The lowest BCUT2D eigenvalue weighted by Gasteiger charge is -2.34. The van der Waals surface area contributed by atoms with Crippen molar-refractivity contribution in [2.45, 2.75) is 0 Å². The molecule has 4 heterocycles. The summed E-state index contributed by atoms with van der Waals surface area (Å²) >= 11 is 0. The van der Waals surface area contributed by atoms with Gasteiger partial charge in [0, 0.05) is 56.1 Å². The minimum Gasteiger partial charge on any atom is -0.382 e. The normalized spacial score (nSPS) is 14.9. The van der Waals surface area contributed by atoms with Crippen molar-refractivity contribution < 1.29 is 0 Å². The van der Waals surface area contributed by atoms with E-state index in [1.54, 1.807) is 12.4 Å². The average molecular weight is 401 g/mol. The smallest absolute Gasteiger partial charge is 0.180 e. The van der Waals surface area contributed by atoms with Gasteiger partial charge in [0.1, 0.15) is 17.2 Å². The van der Waals surface area contributed by atoms with E-state index >= 15 is 0 Å². The molecule has 0 spiro atoms. The molecular weight excluding hydrogens is 378 g/mol. The average Bonchev–Trinajstić information content (AvgIpc) is 3.24. The third-order valence-electron chi connectivity index (χ3n) is 5.29. The molecule has 1 saturated heterocycles. The Balaban J connectivity index is 1.43. The predicted octanol–water partition coefficient (Wildman–Crippen LogP) is 2.26. The molecule has 0 unspecified atom stereocenters. The van der Waals surface area contributed by atoms with Crippen LogP contribution in [0.3, 0.4) is 0 Å². The largest absolute Gasteiger partial charge is 0.382 e. The van der Waals surface area contributed by atoms with Crippen molar-refractivity contribution in [3.05, 3.63) is 55.2 Å². The Hall–Kier alpha value is -3.72. The molecule has 0 bridgehead atoms. The van der Waals surface area contributed by atoms with Gasteiger partial charge in [-0.25, -0.2) is 15.0 Å². The second-order valence-corrected chi connectivity index (χ2v) is 7.42. The summed E-state index contributed by atoms with van der Waals surface area (Å²) in [6, 6.07) is 8.43. The van der Waals surface area contributed by atoms with Crippen molar-refractivity contribution in [1.29, 1.82) is 0 Å². The molecule has 4 aromatic rings. The van der Waals surface area contributed by atoms with Gasteiger partial charge in [0.05, 0.1) is 12.4 Å². The zero-order valence-electron chi connectivity index (χ0n) is 16.7.